The Hall–Kier alpha value is -5.95. The van der Waals surface area contributed by atoms with Crippen molar-refractivity contribution >= 4 is 56.3 Å². The molecule has 0 N–H and O–H groups in total. The molecule has 0 amide bonds. The molecular weight excluding hydrogens is 573 g/mol. The summed E-state index contributed by atoms with van der Waals surface area (Å²) in [6.45, 7) is 8.36. The second-order valence-corrected chi connectivity index (χ2v) is 15.3. The number of fused-ring (bicyclic) bond motifs is 3. The number of rotatable bonds is 6. The van der Waals surface area contributed by atoms with Crippen molar-refractivity contribution in [2.75, 3.05) is 0 Å². The highest BCUT2D eigenvalue weighted by atomic mass is 28.3. The first kappa shape index (κ1) is 27.6. The van der Waals surface area contributed by atoms with Gasteiger partial charge >= 0.3 is 0 Å². The van der Waals surface area contributed by atoms with Crippen molar-refractivity contribution in [2.24, 2.45) is 0 Å². The Bertz CT molecular complexity index is 2220. The van der Waals surface area contributed by atoms with E-state index in [2.05, 4.69) is 179 Å². The molecule has 8 aromatic rings. The minimum absolute atomic E-state index is 0.630. The van der Waals surface area contributed by atoms with Crippen molar-refractivity contribution in [3.05, 3.63) is 193 Å². The van der Waals surface area contributed by atoms with Crippen molar-refractivity contribution in [3.63, 3.8) is 0 Å². The summed E-state index contributed by atoms with van der Waals surface area (Å²) in [4.78, 5) is 4.13. The lowest BCUT2D eigenvalue weighted by Gasteiger charge is -2.36. The molecule has 3 heteroatoms. The van der Waals surface area contributed by atoms with Gasteiger partial charge in [-0.3, -0.25) is 0 Å². The average Bonchev–Trinajstić information content (AvgIpc) is 3.47. The van der Waals surface area contributed by atoms with Crippen LogP contribution in [0.3, 0.4) is 0 Å². The van der Waals surface area contributed by atoms with E-state index >= 15 is 0 Å². The van der Waals surface area contributed by atoms with Gasteiger partial charge in [0.05, 0.1) is 23.3 Å². The first-order valence-corrected chi connectivity index (χ1v) is 17.6. The largest absolute Gasteiger partial charge is 0.318 e. The molecule has 2 nitrogen and oxygen atoms in total. The molecule has 7 aromatic carbocycles. The highest BCUT2D eigenvalue weighted by Gasteiger charge is 2.43. The van der Waals surface area contributed by atoms with Crippen molar-refractivity contribution in [3.8, 4) is 16.8 Å². The van der Waals surface area contributed by atoms with Crippen LogP contribution in [0.15, 0.2) is 182 Å². The maximum absolute atomic E-state index is 8.36. The third kappa shape index (κ3) is 4.23. The van der Waals surface area contributed by atoms with E-state index in [0.717, 1.165) is 27.8 Å². The minimum Gasteiger partial charge on any atom is -0.318 e. The Morgan fingerprint density at radius 1 is 0.413 bits per heavy atom. The SMILES string of the molecule is [C-]#[N+]c1cccc(-c2ccccc2[Si](c2ccccc2)(c2ccccc2)c2ccccc2)c1-n1c2ccccc2c2ccccc21. The van der Waals surface area contributed by atoms with E-state index in [9.17, 15) is 0 Å². The molecule has 0 saturated carbocycles. The Balaban J connectivity index is 1.53. The third-order valence-corrected chi connectivity index (χ3v) is 14.0. The molecule has 0 saturated heterocycles. The lowest BCUT2D eigenvalue weighted by atomic mass is 10.0. The zero-order chi connectivity index (χ0) is 30.9. The Labute approximate surface area is 270 Å². The molecule has 0 aliphatic rings. The van der Waals surface area contributed by atoms with E-state index in [0.29, 0.717) is 5.69 Å². The summed E-state index contributed by atoms with van der Waals surface area (Å²) in [5.41, 5.74) is 5.93. The molecule has 0 spiro atoms. The monoisotopic (exact) mass is 602 g/mol. The number of benzene rings is 7. The van der Waals surface area contributed by atoms with E-state index in [4.69, 9.17) is 6.57 Å². The fourth-order valence-electron chi connectivity index (χ4n) is 7.31. The number of hydrogen-bond donors (Lipinski definition) is 0. The predicted octanol–water partition coefficient (Wildman–Crippen LogP) is 8.38. The van der Waals surface area contributed by atoms with Gasteiger partial charge in [0.1, 0.15) is 0 Å². The van der Waals surface area contributed by atoms with E-state index in [1.165, 1.54) is 31.5 Å². The molecule has 46 heavy (non-hydrogen) atoms. The topological polar surface area (TPSA) is 9.29 Å². The molecule has 0 aliphatic carbocycles. The highest BCUT2D eigenvalue weighted by Crippen LogP contribution is 2.40. The molecule has 0 unspecified atom stereocenters. The van der Waals surface area contributed by atoms with Gasteiger partial charge in [-0.25, -0.2) is 4.85 Å². The van der Waals surface area contributed by atoms with Crippen LogP contribution < -0.4 is 20.7 Å². The summed E-state index contributed by atoms with van der Waals surface area (Å²) in [5.74, 6) is 0. The second-order valence-electron chi connectivity index (χ2n) is 11.5. The predicted molar refractivity (Wildman–Crippen MR) is 196 cm³/mol. The van der Waals surface area contributed by atoms with Gasteiger partial charge in [-0.15, -0.1) is 0 Å². The van der Waals surface area contributed by atoms with Gasteiger partial charge in [-0.2, -0.15) is 0 Å². The second kappa shape index (κ2) is 11.5. The van der Waals surface area contributed by atoms with Gasteiger partial charge in [0.2, 0.25) is 5.69 Å². The Morgan fingerprint density at radius 2 is 0.848 bits per heavy atom. The summed E-state index contributed by atoms with van der Waals surface area (Å²) in [6, 6.07) is 65.2. The summed E-state index contributed by atoms with van der Waals surface area (Å²) in [6.07, 6.45) is 0. The molecule has 0 bridgehead atoms. The molecule has 1 aromatic heterocycles. The van der Waals surface area contributed by atoms with Crippen LogP contribution in [0.1, 0.15) is 0 Å². The van der Waals surface area contributed by atoms with Crippen LogP contribution in [0.5, 0.6) is 0 Å². The molecule has 0 atom stereocenters. The number of nitrogens with zero attached hydrogens (tertiary/aromatic N) is 2. The maximum Gasteiger partial charge on any atom is 0.211 e. The quantitative estimate of drug-likeness (QED) is 0.103. The zero-order valence-electron chi connectivity index (χ0n) is 25.2. The van der Waals surface area contributed by atoms with Crippen LogP contribution in [0.4, 0.5) is 5.69 Å². The van der Waals surface area contributed by atoms with Crippen molar-refractivity contribution in [1.82, 2.24) is 4.57 Å². The first-order valence-electron chi connectivity index (χ1n) is 15.6. The van der Waals surface area contributed by atoms with Crippen LogP contribution in [-0.2, 0) is 0 Å². The van der Waals surface area contributed by atoms with Gasteiger partial charge in [-0.05, 0) is 44.0 Å². The molecule has 216 valence electrons. The van der Waals surface area contributed by atoms with Crippen LogP contribution in [0, 0.1) is 6.57 Å². The summed E-state index contributed by atoms with van der Waals surface area (Å²) >= 11 is 0. The summed E-state index contributed by atoms with van der Waals surface area (Å²) in [5, 5.41) is 7.61. The third-order valence-electron chi connectivity index (χ3n) is 9.18. The molecule has 0 radical (unpaired) electrons. The average molecular weight is 603 g/mol. The fourth-order valence-corrected chi connectivity index (χ4v) is 12.3. The Kier molecular flexibility index (Phi) is 6.91. The smallest absolute Gasteiger partial charge is 0.211 e. The van der Waals surface area contributed by atoms with Gasteiger partial charge in [0.15, 0.2) is 8.07 Å². The van der Waals surface area contributed by atoms with Gasteiger partial charge in [0, 0.05) is 10.8 Å². The summed E-state index contributed by atoms with van der Waals surface area (Å²) < 4.78 is 2.31. The Morgan fingerprint density at radius 3 is 1.37 bits per heavy atom. The molecule has 1 heterocycles. The number of hydrogen-bond acceptors (Lipinski definition) is 0. The van der Waals surface area contributed by atoms with E-state index < -0.39 is 8.07 Å². The lowest BCUT2D eigenvalue weighted by molar-refractivity contribution is 1.19. The van der Waals surface area contributed by atoms with Gasteiger partial charge < -0.3 is 4.57 Å². The van der Waals surface area contributed by atoms with E-state index in [1.807, 2.05) is 12.1 Å². The molecule has 0 fully saturated rings. The van der Waals surface area contributed by atoms with Crippen LogP contribution in [0.2, 0.25) is 0 Å². The highest BCUT2D eigenvalue weighted by molar-refractivity contribution is 7.20. The molecule has 0 aliphatic heterocycles. The zero-order valence-corrected chi connectivity index (χ0v) is 26.2. The van der Waals surface area contributed by atoms with E-state index in [1.54, 1.807) is 0 Å². The van der Waals surface area contributed by atoms with Crippen molar-refractivity contribution < 1.29 is 0 Å². The number of aromatic nitrogens is 1. The van der Waals surface area contributed by atoms with Crippen LogP contribution >= 0.6 is 0 Å². The molecular formula is C43H30N2Si. The maximum atomic E-state index is 8.36. The normalized spacial score (nSPS) is 11.5. The lowest BCUT2D eigenvalue weighted by Crippen LogP contribution is -2.75. The fraction of sp³-hybridized carbons (Fsp3) is 0. The first-order chi connectivity index (χ1) is 22.8. The van der Waals surface area contributed by atoms with E-state index in [-0.39, 0.29) is 0 Å². The van der Waals surface area contributed by atoms with Gasteiger partial charge in [-0.1, -0.05) is 170 Å². The minimum atomic E-state index is -2.86. The summed E-state index contributed by atoms with van der Waals surface area (Å²) in [7, 11) is -2.86. The van der Waals surface area contributed by atoms with Gasteiger partial charge in [0.25, 0.3) is 0 Å². The standard InChI is InChI=1S/C43H30N2Si/c1-44-39-28-17-27-38(43(39)45-40-29-14-11-24-35(40)36-25-12-15-30-41(36)45)37-26-13-16-31-42(37)46(32-18-5-2-6-19-32,33-20-7-3-8-21-33)34-22-9-4-10-23-34/h2-31H. The molecule has 8 rings (SSSR count). The van der Waals surface area contributed by atoms with Crippen molar-refractivity contribution in [1.29, 1.82) is 0 Å². The van der Waals surface area contributed by atoms with Crippen molar-refractivity contribution in [2.45, 2.75) is 0 Å². The number of para-hydroxylation sites is 3. The van der Waals surface area contributed by atoms with Crippen LogP contribution in [0.25, 0.3) is 43.5 Å². The van der Waals surface area contributed by atoms with Crippen LogP contribution in [-0.4, -0.2) is 12.6 Å².